The molecule has 0 fully saturated rings. The van der Waals surface area contributed by atoms with Crippen molar-refractivity contribution in [3.8, 4) is 5.69 Å². The highest BCUT2D eigenvalue weighted by molar-refractivity contribution is 5.75. The molecule has 0 amide bonds. The van der Waals surface area contributed by atoms with Crippen molar-refractivity contribution in [1.29, 1.82) is 0 Å². The predicted octanol–water partition coefficient (Wildman–Crippen LogP) is 1.80. The lowest BCUT2D eigenvalue weighted by Crippen LogP contribution is -2.31. The third-order valence-corrected chi connectivity index (χ3v) is 3.92. The number of ether oxygens (including phenoxy) is 1. The SMILES string of the molecule is CCOC(=O)C(CC)n1cnc2c(nnn2-c2cccc(C)c2)c1=O. The topological polar surface area (TPSA) is 91.9 Å². The first-order valence-electron chi connectivity index (χ1n) is 8.13. The molecule has 3 rings (SSSR count). The van der Waals surface area contributed by atoms with E-state index in [4.69, 9.17) is 4.74 Å². The second-order valence-electron chi connectivity index (χ2n) is 5.65. The van der Waals surface area contributed by atoms with E-state index in [1.165, 1.54) is 15.6 Å². The van der Waals surface area contributed by atoms with Gasteiger partial charge in [0.05, 0.1) is 12.3 Å². The van der Waals surface area contributed by atoms with Gasteiger partial charge in [-0.1, -0.05) is 24.3 Å². The molecule has 1 unspecified atom stereocenters. The second kappa shape index (κ2) is 6.84. The summed E-state index contributed by atoms with van der Waals surface area (Å²) < 4.78 is 7.81. The van der Waals surface area contributed by atoms with Gasteiger partial charge in [0.25, 0.3) is 5.56 Å². The van der Waals surface area contributed by atoms with Crippen molar-refractivity contribution >= 4 is 17.1 Å². The molecule has 2 heterocycles. The first-order chi connectivity index (χ1) is 12.1. The van der Waals surface area contributed by atoms with Crippen LogP contribution in [0.4, 0.5) is 0 Å². The molecule has 0 aliphatic carbocycles. The van der Waals surface area contributed by atoms with E-state index in [2.05, 4.69) is 15.3 Å². The number of hydrogen-bond donors (Lipinski definition) is 0. The average Bonchev–Trinajstić information content (AvgIpc) is 3.02. The largest absolute Gasteiger partial charge is 0.464 e. The fourth-order valence-electron chi connectivity index (χ4n) is 2.69. The number of nitrogens with zero attached hydrogens (tertiary/aromatic N) is 5. The Hall–Kier alpha value is -3.03. The van der Waals surface area contributed by atoms with Gasteiger partial charge in [-0.2, -0.15) is 4.68 Å². The summed E-state index contributed by atoms with van der Waals surface area (Å²) >= 11 is 0. The summed E-state index contributed by atoms with van der Waals surface area (Å²) in [6.45, 7) is 5.75. The zero-order valence-corrected chi connectivity index (χ0v) is 14.3. The van der Waals surface area contributed by atoms with E-state index in [-0.39, 0.29) is 12.1 Å². The maximum absolute atomic E-state index is 12.7. The van der Waals surface area contributed by atoms with E-state index in [0.717, 1.165) is 11.3 Å². The van der Waals surface area contributed by atoms with Gasteiger partial charge in [-0.25, -0.2) is 9.78 Å². The zero-order valence-electron chi connectivity index (χ0n) is 14.3. The predicted molar refractivity (Wildman–Crippen MR) is 91.6 cm³/mol. The van der Waals surface area contributed by atoms with E-state index < -0.39 is 17.6 Å². The van der Waals surface area contributed by atoms with E-state index in [0.29, 0.717) is 12.1 Å². The van der Waals surface area contributed by atoms with Gasteiger partial charge in [-0.15, -0.1) is 5.10 Å². The Morgan fingerprint density at radius 1 is 1.32 bits per heavy atom. The van der Waals surface area contributed by atoms with E-state index >= 15 is 0 Å². The van der Waals surface area contributed by atoms with Crippen molar-refractivity contribution in [3.63, 3.8) is 0 Å². The van der Waals surface area contributed by atoms with E-state index in [1.807, 2.05) is 38.1 Å². The maximum Gasteiger partial charge on any atom is 0.329 e. The molecule has 0 saturated heterocycles. The lowest BCUT2D eigenvalue weighted by molar-refractivity contribution is -0.147. The highest BCUT2D eigenvalue weighted by Gasteiger charge is 2.23. The second-order valence-corrected chi connectivity index (χ2v) is 5.65. The quantitative estimate of drug-likeness (QED) is 0.657. The van der Waals surface area contributed by atoms with E-state index in [9.17, 15) is 9.59 Å². The van der Waals surface area contributed by atoms with Crippen LogP contribution in [0, 0.1) is 6.92 Å². The fourth-order valence-corrected chi connectivity index (χ4v) is 2.69. The zero-order chi connectivity index (χ0) is 18.0. The minimum Gasteiger partial charge on any atom is -0.464 e. The number of rotatable bonds is 5. The molecule has 3 aromatic rings. The van der Waals surface area contributed by atoms with Gasteiger partial charge in [0.15, 0.2) is 11.2 Å². The van der Waals surface area contributed by atoms with Crippen LogP contribution in [-0.2, 0) is 9.53 Å². The number of benzene rings is 1. The summed E-state index contributed by atoms with van der Waals surface area (Å²) in [7, 11) is 0. The van der Waals surface area contributed by atoms with Crippen molar-refractivity contribution in [2.45, 2.75) is 33.2 Å². The smallest absolute Gasteiger partial charge is 0.329 e. The minimum atomic E-state index is -0.728. The molecule has 8 nitrogen and oxygen atoms in total. The Kier molecular flexibility index (Phi) is 4.60. The lowest BCUT2D eigenvalue weighted by atomic mass is 10.2. The number of carbonyl (C=O) groups excluding carboxylic acids is 1. The molecule has 0 bridgehead atoms. The van der Waals surface area contributed by atoms with Gasteiger partial charge >= 0.3 is 5.97 Å². The van der Waals surface area contributed by atoms with Crippen LogP contribution in [0.2, 0.25) is 0 Å². The highest BCUT2D eigenvalue weighted by atomic mass is 16.5. The molecular formula is C17H19N5O3. The molecule has 2 aromatic heterocycles. The van der Waals surface area contributed by atoms with Crippen LogP contribution in [0.15, 0.2) is 35.4 Å². The Bertz CT molecular complexity index is 976. The van der Waals surface area contributed by atoms with Crippen molar-refractivity contribution in [3.05, 3.63) is 46.5 Å². The molecule has 0 aliphatic heterocycles. The molecular weight excluding hydrogens is 322 g/mol. The summed E-state index contributed by atoms with van der Waals surface area (Å²) in [6.07, 6.45) is 1.77. The van der Waals surface area contributed by atoms with Gasteiger partial charge in [-0.05, 0) is 38.0 Å². The summed E-state index contributed by atoms with van der Waals surface area (Å²) in [5.74, 6) is -0.459. The van der Waals surface area contributed by atoms with Gasteiger partial charge < -0.3 is 4.74 Å². The summed E-state index contributed by atoms with van der Waals surface area (Å²) in [5, 5.41) is 8.02. The summed E-state index contributed by atoms with van der Waals surface area (Å²) in [6, 6.07) is 6.92. The molecule has 130 valence electrons. The van der Waals surface area contributed by atoms with E-state index in [1.54, 1.807) is 6.92 Å². The van der Waals surface area contributed by atoms with Gasteiger partial charge in [-0.3, -0.25) is 9.36 Å². The first-order valence-corrected chi connectivity index (χ1v) is 8.13. The van der Waals surface area contributed by atoms with Crippen LogP contribution < -0.4 is 5.56 Å². The van der Waals surface area contributed by atoms with Crippen LogP contribution in [-0.4, -0.2) is 37.1 Å². The molecule has 1 atom stereocenters. The molecule has 0 spiro atoms. The van der Waals surface area contributed by atoms with Crippen LogP contribution in [0.5, 0.6) is 0 Å². The number of fused-ring (bicyclic) bond motifs is 1. The molecule has 0 aliphatic rings. The van der Waals surface area contributed by atoms with Gasteiger partial charge in [0.1, 0.15) is 12.4 Å². The van der Waals surface area contributed by atoms with Crippen molar-refractivity contribution in [2.75, 3.05) is 6.61 Å². The first kappa shape index (κ1) is 16.8. The van der Waals surface area contributed by atoms with Crippen LogP contribution in [0.1, 0.15) is 31.9 Å². The Balaban J connectivity index is 2.11. The highest BCUT2D eigenvalue weighted by Crippen LogP contribution is 2.15. The molecule has 1 aromatic carbocycles. The minimum absolute atomic E-state index is 0.117. The Morgan fingerprint density at radius 3 is 2.80 bits per heavy atom. The average molecular weight is 341 g/mol. The summed E-state index contributed by atoms with van der Waals surface area (Å²) in [5.41, 5.74) is 1.88. The standard InChI is InChI=1S/C17H19N5O3/c1-4-13(17(24)25-5-2)21-10-18-15-14(16(21)23)19-20-22(15)12-8-6-7-11(3)9-12/h6-10,13H,4-5H2,1-3H3. The molecule has 25 heavy (non-hydrogen) atoms. The molecule has 0 N–H and O–H groups in total. The number of aromatic nitrogens is 5. The molecule has 0 radical (unpaired) electrons. The lowest BCUT2D eigenvalue weighted by Gasteiger charge is -2.15. The van der Waals surface area contributed by atoms with Crippen LogP contribution in [0.25, 0.3) is 16.9 Å². The Morgan fingerprint density at radius 2 is 2.12 bits per heavy atom. The number of aryl methyl sites for hydroxylation is 1. The molecule has 0 saturated carbocycles. The normalized spacial score (nSPS) is 12.3. The maximum atomic E-state index is 12.7. The monoisotopic (exact) mass is 341 g/mol. The van der Waals surface area contributed by atoms with Crippen LogP contribution >= 0.6 is 0 Å². The molecule has 8 heteroatoms. The van der Waals surface area contributed by atoms with Gasteiger partial charge in [0.2, 0.25) is 0 Å². The fraction of sp³-hybridized carbons (Fsp3) is 0.353. The third-order valence-electron chi connectivity index (χ3n) is 3.92. The summed E-state index contributed by atoms with van der Waals surface area (Å²) in [4.78, 5) is 29.1. The van der Waals surface area contributed by atoms with Crippen molar-refractivity contribution in [1.82, 2.24) is 24.5 Å². The number of hydrogen-bond acceptors (Lipinski definition) is 6. The third kappa shape index (κ3) is 3.02. The van der Waals surface area contributed by atoms with Crippen molar-refractivity contribution in [2.24, 2.45) is 0 Å². The Labute approximate surface area is 144 Å². The van der Waals surface area contributed by atoms with Crippen molar-refractivity contribution < 1.29 is 9.53 Å². The van der Waals surface area contributed by atoms with Crippen LogP contribution in [0.3, 0.4) is 0 Å². The van der Waals surface area contributed by atoms with Gasteiger partial charge in [0, 0.05) is 0 Å². The number of carbonyl (C=O) groups is 1. The number of esters is 1.